The normalized spacial score (nSPS) is 10.3. The largest absolute Gasteiger partial charge is 0.288 e. The van der Waals surface area contributed by atoms with Crippen molar-refractivity contribution in [2.75, 3.05) is 0 Å². The van der Waals surface area contributed by atoms with Crippen LogP contribution in [0.3, 0.4) is 0 Å². The van der Waals surface area contributed by atoms with Crippen molar-refractivity contribution in [1.29, 1.82) is 0 Å². The van der Waals surface area contributed by atoms with Crippen molar-refractivity contribution in [3.63, 3.8) is 0 Å². The summed E-state index contributed by atoms with van der Waals surface area (Å²) in [5.74, 6) is -0.889. The second-order valence-corrected chi connectivity index (χ2v) is 4.31. The van der Waals surface area contributed by atoms with Crippen molar-refractivity contribution in [1.82, 2.24) is 0 Å². The van der Waals surface area contributed by atoms with E-state index < -0.39 is 5.82 Å². The zero-order valence-corrected chi connectivity index (χ0v) is 9.11. The Hall–Kier alpha value is -1.19. The molecular formula is C11H6ClFOS. The fourth-order valence-corrected chi connectivity index (χ4v) is 2.05. The Morgan fingerprint density at radius 1 is 1.33 bits per heavy atom. The fourth-order valence-electron chi connectivity index (χ4n) is 1.21. The van der Waals surface area contributed by atoms with E-state index in [1.165, 1.54) is 23.5 Å². The molecule has 0 N–H and O–H groups in total. The summed E-state index contributed by atoms with van der Waals surface area (Å²) in [7, 11) is 0. The number of thiophene rings is 1. The summed E-state index contributed by atoms with van der Waals surface area (Å²) in [6.45, 7) is 0. The Kier molecular flexibility index (Phi) is 2.84. The highest BCUT2D eigenvalue weighted by Gasteiger charge is 2.14. The minimum atomic E-state index is -0.582. The Morgan fingerprint density at radius 3 is 2.73 bits per heavy atom. The van der Waals surface area contributed by atoms with Crippen molar-refractivity contribution in [3.05, 3.63) is 57.0 Å². The molecular weight excluding hydrogens is 235 g/mol. The van der Waals surface area contributed by atoms with Crippen LogP contribution >= 0.6 is 22.9 Å². The maximum atomic E-state index is 13.4. The van der Waals surface area contributed by atoms with Gasteiger partial charge in [-0.15, -0.1) is 11.3 Å². The molecule has 1 nitrogen and oxygen atoms in total. The number of carbonyl (C=O) groups is 1. The van der Waals surface area contributed by atoms with Gasteiger partial charge in [0.25, 0.3) is 0 Å². The van der Waals surface area contributed by atoms with E-state index in [2.05, 4.69) is 0 Å². The van der Waals surface area contributed by atoms with Gasteiger partial charge in [0.1, 0.15) is 5.82 Å². The van der Waals surface area contributed by atoms with Gasteiger partial charge >= 0.3 is 0 Å². The average molecular weight is 241 g/mol. The lowest BCUT2D eigenvalue weighted by atomic mass is 10.1. The molecule has 0 unspecified atom stereocenters. The molecule has 0 radical (unpaired) electrons. The SMILES string of the molecule is O=C(c1cccs1)c1ccc(Cl)cc1F. The molecule has 0 aliphatic carbocycles. The van der Waals surface area contributed by atoms with Crippen LogP contribution in [0.2, 0.25) is 5.02 Å². The highest BCUT2D eigenvalue weighted by molar-refractivity contribution is 7.12. The first-order chi connectivity index (χ1) is 7.18. The lowest BCUT2D eigenvalue weighted by Gasteiger charge is -2.00. The van der Waals surface area contributed by atoms with Gasteiger partial charge in [0.2, 0.25) is 5.78 Å². The minimum Gasteiger partial charge on any atom is -0.288 e. The Balaban J connectivity index is 2.42. The summed E-state index contributed by atoms with van der Waals surface area (Å²) in [6, 6.07) is 7.47. The van der Waals surface area contributed by atoms with E-state index in [4.69, 9.17) is 11.6 Å². The van der Waals surface area contributed by atoms with Crippen LogP contribution < -0.4 is 0 Å². The minimum absolute atomic E-state index is 0.0573. The van der Waals surface area contributed by atoms with E-state index in [0.29, 0.717) is 4.88 Å². The molecule has 1 aromatic carbocycles. The molecule has 0 spiro atoms. The van der Waals surface area contributed by atoms with Gasteiger partial charge in [-0.3, -0.25) is 4.79 Å². The summed E-state index contributed by atoms with van der Waals surface area (Å²) < 4.78 is 13.4. The molecule has 76 valence electrons. The summed E-state index contributed by atoms with van der Waals surface area (Å²) in [5.41, 5.74) is 0.0573. The van der Waals surface area contributed by atoms with Crippen molar-refractivity contribution in [2.45, 2.75) is 0 Å². The molecule has 1 heterocycles. The predicted octanol–water partition coefficient (Wildman–Crippen LogP) is 3.77. The van der Waals surface area contributed by atoms with E-state index in [9.17, 15) is 9.18 Å². The summed E-state index contributed by atoms with van der Waals surface area (Å²) >= 11 is 6.89. The number of benzene rings is 1. The molecule has 0 amide bonds. The van der Waals surface area contributed by atoms with Crippen molar-refractivity contribution in [2.24, 2.45) is 0 Å². The molecule has 0 aliphatic heterocycles. The predicted molar refractivity (Wildman–Crippen MR) is 59.2 cm³/mol. The van der Waals surface area contributed by atoms with E-state index in [-0.39, 0.29) is 16.4 Å². The number of hydrogen-bond acceptors (Lipinski definition) is 2. The van der Waals surface area contributed by atoms with Gasteiger partial charge in [-0.2, -0.15) is 0 Å². The van der Waals surface area contributed by atoms with Crippen molar-refractivity contribution < 1.29 is 9.18 Å². The maximum absolute atomic E-state index is 13.4. The van der Waals surface area contributed by atoms with Crippen molar-refractivity contribution >= 4 is 28.7 Å². The monoisotopic (exact) mass is 240 g/mol. The average Bonchev–Trinajstić information content (AvgIpc) is 2.69. The first-order valence-electron chi connectivity index (χ1n) is 4.22. The molecule has 0 atom stereocenters. The van der Waals surface area contributed by atoms with Gasteiger partial charge in [-0.1, -0.05) is 17.7 Å². The molecule has 4 heteroatoms. The Bertz CT molecular complexity index is 493. The summed E-state index contributed by atoms with van der Waals surface area (Å²) in [6.07, 6.45) is 0. The molecule has 0 fully saturated rings. The standard InChI is InChI=1S/C11H6ClFOS/c12-7-3-4-8(9(13)6-7)11(14)10-2-1-5-15-10/h1-6H. The third kappa shape index (κ3) is 2.08. The zero-order valence-electron chi connectivity index (χ0n) is 7.54. The molecule has 2 aromatic rings. The first kappa shape index (κ1) is 10.3. The van der Waals surface area contributed by atoms with E-state index in [1.54, 1.807) is 17.5 Å². The quantitative estimate of drug-likeness (QED) is 0.731. The highest BCUT2D eigenvalue weighted by Crippen LogP contribution is 2.20. The smallest absolute Gasteiger partial charge is 0.205 e. The third-order valence-corrected chi connectivity index (χ3v) is 3.02. The Labute approximate surface area is 95.1 Å². The van der Waals surface area contributed by atoms with E-state index >= 15 is 0 Å². The third-order valence-electron chi connectivity index (χ3n) is 1.92. The Morgan fingerprint density at radius 2 is 2.13 bits per heavy atom. The van der Waals surface area contributed by atoms with E-state index in [0.717, 1.165) is 6.07 Å². The van der Waals surface area contributed by atoms with Crippen LogP contribution in [0.5, 0.6) is 0 Å². The zero-order chi connectivity index (χ0) is 10.8. The maximum Gasteiger partial charge on any atom is 0.205 e. The number of rotatable bonds is 2. The summed E-state index contributed by atoms with van der Waals surface area (Å²) in [5, 5.41) is 2.07. The van der Waals surface area contributed by atoms with E-state index in [1.807, 2.05) is 0 Å². The van der Waals surface area contributed by atoms with Gasteiger partial charge in [-0.25, -0.2) is 4.39 Å². The topological polar surface area (TPSA) is 17.1 Å². The molecule has 1 aromatic heterocycles. The summed E-state index contributed by atoms with van der Waals surface area (Å²) in [4.78, 5) is 12.3. The number of halogens is 2. The number of carbonyl (C=O) groups excluding carboxylic acids is 1. The van der Waals surface area contributed by atoms with Crippen LogP contribution in [-0.4, -0.2) is 5.78 Å². The van der Waals surface area contributed by atoms with Crippen LogP contribution in [0.15, 0.2) is 35.7 Å². The van der Waals surface area contributed by atoms with Crippen LogP contribution in [0, 0.1) is 5.82 Å². The lowest BCUT2D eigenvalue weighted by molar-refractivity contribution is 0.103. The van der Waals surface area contributed by atoms with Gasteiger partial charge < -0.3 is 0 Å². The van der Waals surface area contributed by atoms with Crippen LogP contribution in [0.4, 0.5) is 4.39 Å². The molecule has 0 aliphatic rings. The van der Waals surface area contributed by atoms with Gasteiger partial charge in [-0.05, 0) is 29.6 Å². The van der Waals surface area contributed by atoms with Gasteiger partial charge in [0.05, 0.1) is 10.4 Å². The highest BCUT2D eigenvalue weighted by atomic mass is 35.5. The van der Waals surface area contributed by atoms with Crippen LogP contribution in [0.1, 0.15) is 15.2 Å². The second-order valence-electron chi connectivity index (χ2n) is 2.93. The van der Waals surface area contributed by atoms with Gasteiger partial charge in [0.15, 0.2) is 0 Å². The lowest BCUT2D eigenvalue weighted by Crippen LogP contribution is -2.01. The van der Waals surface area contributed by atoms with Gasteiger partial charge in [0, 0.05) is 5.02 Å². The molecule has 2 rings (SSSR count). The molecule has 0 saturated heterocycles. The molecule has 0 saturated carbocycles. The molecule has 0 bridgehead atoms. The second kappa shape index (κ2) is 4.13. The number of hydrogen-bond donors (Lipinski definition) is 0. The first-order valence-corrected chi connectivity index (χ1v) is 5.47. The van der Waals surface area contributed by atoms with Crippen LogP contribution in [0.25, 0.3) is 0 Å². The molecule has 15 heavy (non-hydrogen) atoms. The fraction of sp³-hybridized carbons (Fsp3) is 0. The number of ketones is 1. The van der Waals surface area contributed by atoms with Crippen LogP contribution in [-0.2, 0) is 0 Å². The van der Waals surface area contributed by atoms with Crippen molar-refractivity contribution in [3.8, 4) is 0 Å².